The zero-order valence-electron chi connectivity index (χ0n) is 4.97. The molecule has 0 bridgehead atoms. The highest BCUT2D eigenvalue weighted by Gasteiger charge is 2.57. The van der Waals surface area contributed by atoms with Crippen molar-refractivity contribution in [2.24, 2.45) is 0 Å². The van der Waals surface area contributed by atoms with E-state index in [0.717, 1.165) is 0 Å². The first-order valence-electron chi connectivity index (χ1n) is 2.89. The number of alkyl halides is 2. The van der Waals surface area contributed by atoms with Crippen molar-refractivity contribution in [1.82, 2.24) is 4.98 Å². The Hall–Kier alpha value is -0.130. The van der Waals surface area contributed by atoms with Crippen LogP contribution < -0.4 is 0 Å². The summed E-state index contributed by atoms with van der Waals surface area (Å²) < 4.78 is 16.7. The number of hydrogen-bond donors (Lipinski definition) is 0. The van der Waals surface area contributed by atoms with Crippen molar-refractivity contribution in [1.29, 1.82) is 0 Å². The maximum atomic E-state index is 12.9. The molecule has 0 amide bonds. The minimum atomic E-state index is -1.11. The average molecular weight is 252 g/mol. The van der Waals surface area contributed by atoms with E-state index in [4.69, 9.17) is 4.42 Å². The van der Waals surface area contributed by atoms with Crippen molar-refractivity contribution in [3.05, 3.63) is 18.4 Å². The number of rotatable bonds is 1. The molecule has 2 rings (SSSR count). The molecule has 2 nitrogen and oxygen atoms in total. The molecule has 1 aromatic heterocycles. The lowest BCUT2D eigenvalue weighted by Gasteiger charge is -1.90. The smallest absolute Gasteiger partial charge is 0.201 e. The predicted octanol–water partition coefficient (Wildman–Crippen LogP) is 2.06. The molecule has 53 valence electrons. The van der Waals surface area contributed by atoms with Gasteiger partial charge in [-0.2, -0.15) is 0 Å². The van der Waals surface area contributed by atoms with Crippen LogP contribution in [0.3, 0.4) is 0 Å². The van der Waals surface area contributed by atoms with Gasteiger partial charge in [0, 0.05) is 6.42 Å². The Morgan fingerprint density at radius 3 is 3.10 bits per heavy atom. The fourth-order valence-corrected chi connectivity index (χ4v) is 1.55. The predicted molar refractivity (Wildman–Crippen MR) is 40.6 cm³/mol. The Kier molecular flexibility index (Phi) is 1.27. The Morgan fingerprint density at radius 1 is 2.00 bits per heavy atom. The first-order chi connectivity index (χ1) is 4.70. The van der Waals surface area contributed by atoms with Crippen LogP contribution in [-0.2, 0) is 0 Å². The summed E-state index contributed by atoms with van der Waals surface area (Å²) in [6.07, 6.45) is 4.37. The van der Waals surface area contributed by atoms with Gasteiger partial charge in [0.15, 0.2) is 3.68 Å². The van der Waals surface area contributed by atoms with Gasteiger partial charge in [-0.25, -0.2) is 9.37 Å². The summed E-state index contributed by atoms with van der Waals surface area (Å²) in [6.45, 7) is 0. The Labute approximate surface area is 71.0 Å². The van der Waals surface area contributed by atoms with Crippen LogP contribution in [0.15, 0.2) is 10.7 Å². The first kappa shape index (κ1) is 6.57. The van der Waals surface area contributed by atoms with Crippen molar-refractivity contribution < 1.29 is 8.81 Å². The summed E-state index contributed by atoms with van der Waals surface area (Å²) in [5.74, 6) is 0.330. The lowest BCUT2D eigenvalue weighted by molar-refractivity contribution is 0.416. The fourth-order valence-electron chi connectivity index (χ4n) is 0.844. The second-order valence-corrected chi connectivity index (χ2v) is 4.13. The Bertz CT molecular complexity index is 234. The summed E-state index contributed by atoms with van der Waals surface area (Å²) >= 11 is 1.77. The Morgan fingerprint density at radius 2 is 2.70 bits per heavy atom. The minimum absolute atomic E-state index is 0.139. The molecule has 1 fully saturated rings. The van der Waals surface area contributed by atoms with Gasteiger partial charge in [0.25, 0.3) is 0 Å². The van der Waals surface area contributed by atoms with Gasteiger partial charge in [0.2, 0.25) is 5.89 Å². The molecule has 1 radical (unpaired) electrons. The van der Waals surface area contributed by atoms with Crippen molar-refractivity contribution >= 4 is 22.6 Å². The molecule has 10 heavy (non-hydrogen) atoms. The van der Waals surface area contributed by atoms with Crippen LogP contribution in [0.4, 0.5) is 4.39 Å². The second-order valence-electron chi connectivity index (χ2n) is 2.33. The van der Waals surface area contributed by atoms with Gasteiger partial charge in [0.05, 0.1) is 5.92 Å². The molecule has 1 aromatic rings. The summed E-state index contributed by atoms with van der Waals surface area (Å²) in [7, 11) is 0. The van der Waals surface area contributed by atoms with E-state index in [-0.39, 0.29) is 5.92 Å². The van der Waals surface area contributed by atoms with Crippen molar-refractivity contribution in [3.63, 3.8) is 0 Å². The molecule has 2 unspecified atom stereocenters. The highest BCUT2D eigenvalue weighted by atomic mass is 127. The minimum Gasteiger partial charge on any atom is -0.448 e. The van der Waals surface area contributed by atoms with Crippen LogP contribution in [-0.4, -0.2) is 8.66 Å². The molecular weight excluding hydrogens is 248 g/mol. The molecule has 0 aliphatic heterocycles. The molecule has 1 heterocycles. The monoisotopic (exact) mass is 252 g/mol. The SMILES string of the molecule is FC1(I)CC1c1n[c]co1. The molecule has 0 aromatic carbocycles. The van der Waals surface area contributed by atoms with Gasteiger partial charge in [-0.3, -0.25) is 0 Å². The van der Waals surface area contributed by atoms with Crippen LogP contribution in [0.2, 0.25) is 0 Å². The summed E-state index contributed by atoms with van der Waals surface area (Å²) in [5.41, 5.74) is 0. The van der Waals surface area contributed by atoms with Crippen molar-refractivity contribution in [3.8, 4) is 0 Å². The summed E-state index contributed by atoms with van der Waals surface area (Å²) in [6, 6.07) is 0. The fraction of sp³-hybridized carbons (Fsp3) is 0.500. The van der Waals surface area contributed by atoms with Gasteiger partial charge in [-0.15, -0.1) is 0 Å². The standard InChI is InChI=1S/C6H4FINO/c7-6(8)3-4(6)5-9-1-2-10-5/h2,4H,3H2. The first-order valence-corrected chi connectivity index (χ1v) is 3.97. The van der Waals surface area contributed by atoms with Gasteiger partial charge in [-0.05, 0) is 22.6 Å². The molecular formula is C6H4FINO. The zero-order valence-corrected chi connectivity index (χ0v) is 7.13. The maximum Gasteiger partial charge on any atom is 0.201 e. The van der Waals surface area contributed by atoms with E-state index in [0.29, 0.717) is 12.3 Å². The summed E-state index contributed by atoms with van der Waals surface area (Å²) in [4.78, 5) is 3.74. The van der Waals surface area contributed by atoms with Crippen LogP contribution >= 0.6 is 22.6 Å². The highest BCUT2D eigenvalue weighted by molar-refractivity contribution is 14.1. The van der Waals surface area contributed by atoms with Crippen LogP contribution in [0.1, 0.15) is 18.2 Å². The third-order valence-corrected chi connectivity index (χ3v) is 2.72. The third-order valence-electron chi connectivity index (χ3n) is 1.53. The van der Waals surface area contributed by atoms with Gasteiger partial charge >= 0.3 is 0 Å². The maximum absolute atomic E-state index is 12.9. The van der Waals surface area contributed by atoms with E-state index < -0.39 is 3.68 Å². The van der Waals surface area contributed by atoms with Crippen LogP contribution in [0.25, 0.3) is 0 Å². The second kappa shape index (κ2) is 1.93. The lowest BCUT2D eigenvalue weighted by Crippen LogP contribution is -1.89. The lowest BCUT2D eigenvalue weighted by atomic mass is 10.4. The molecule has 0 N–H and O–H groups in total. The quantitative estimate of drug-likeness (QED) is 0.564. The summed E-state index contributed by atoms with van der Waals surface area (Å²) in [5, 5.41) is 0. The number of halogens is 2. The number of oxazole rings is 1. The van der Waals surface area contributed by atoms with E-state index in [2.05, 4.69) is 11.2 Å². The van der Waals surface area contributed by atoms with E-state index >= 15 is 0 Å². The molecule has 1 aliphatic rings. The number of aromatic nitrogens is 1. The Balaban J connectivity index is 2.19. The molecule has 1 aliphatic carbocycles. The van der Waals surface area contributed by atoms with E-state index in [9.17, 15) is 4.39 Å². The van der Waals surface area contributed by atoms with Crippen molar-refractivity contribution in [2.45, 2.75) is 16.0 Å². The molecule has 1 saturated carbocycles. The van der Waals surface area contributed by atoms with Crippen molar-refractivity contribution in [2.75, 3.05) is 0 Å². The highest BCUT2D eigenvalue weighted by Crippen LogP contribution is 2.58. The topological polar surface area (TPSA) is 26.0 Å². The van der Waals surface area contributed by atoms with E-state index in [1.165, 1.54) is 6.26 Å². The zero-order chi connectivity index (χ0) is 7.19. The van der Waals surface area contributed by atoms with Gasteiger partial charge in [0.1, 0.15) is 12.5 Å². The molecule has 0 spiro atoms. The van der Waals surface area contributed by atoms with Gasteiger partial charge < -0.3 is 4.42 Å². The number of hydrogen-bond acceptors (Lipinski definition) is 2. The largest absolute Gasteiger partial charge is 0.448 e. The molecule has 4 heteroatoms. The van der Waals surface area contributed by atoms with E-state index in [1.807, 2.05) is 0 Å². The van der Waals surface area contributed by atoms with Crippen LogP contribution in [0.5, 0.6) is 0 Å². The number of nitrogens with zero attached hydrogens (tertiary/aromatic N) is 1. The van der Waals surface area contributed by atoms with Crippen LogP contribution in [0, 0.1) is 6.20 Å². The van der Waals surface area contributed by atoms with E-state index in [1.54, 1.807) is 22.6 Å². The molecule has 2 atom stereocenters. The molecule has 0 saturated heterocycles. The normalized spacial score (nSPS) is 38.0. The third kappa shape index (κ3) is 0.941. The average Bonchev–Trinajstić information content (AvgIpc) is 2.31. The van der Waals surface area contributed by atoms with Gasteiger partial charge in [-0.1, -0.05) is 0 Å².